The number of hydrogen-bond donors (Lipinski definition) is 0. The Morgan fingerprint density at radius 1 is 1.19 bits per heavy atom. The van der Waals surface area contributed by atoms with Gasteiger partial charge in [0.05, 0.1) is 25.1 Å². The lowest BCUT2D eigenvalue weighted by Crippen LogP contribution is -2.20. The Bertz CT molecular complexity index is 1150. The summed E-state index contributed by atoms with van der Waals surface area (Å²) in [4.78, 5) is 17.5. The first-order valence-electron chi connectivity index (χ1n) is 8.34. The molecular formula is C20H16BrClN2O3. The highest BCUT2D eigenvalue weighted by atomic mass is 79.9. The molecule has 0 spiro atoms. The summed E-state index contributed by atoms with van der Waals surface area (Å²) >= 11 is 9.65. The van der Waals surface area contributed by atoms with Gasteiger partial charge in [-0.25, -0.2) is 4.98 Å². The fourth-order valence-corrected chi connectivity index (χ4v) is 3.90. The van der Waals surface area contributed by atoms with Crippen molar-refractivity contribution < 1.29 is 9.47 Å². The normalized spacial score (nSPS) is 14.6. The van der Waals surface area contributed by atoms with Gasteiger partial charge in [-0.05, 0) is 54.0 Å². The van der Waals surface area contributed by atoms with Gasteiger partial charge >= 0.3 is 0 Å². The molecule has 3 aromatic rings. The van der Waals surface area contributed by atoms with E-state index in [1.807, 2.05) is 18.2 Å². The summed E-state index contributed by atoms with van der Waals surface area (Å²) in [5.41, 5.74) is 2.48. The van der Waals surface area contributed by atoms with Crippen molar-refractivity contribution in [2.45, 2.75) is 13.0 Å². The van der Waals surface area contributed by atoms with Crippen molar-refractivity contribution in [1.29, 1.82) is 0 Å². The zero-order valence-corrected chi connectivity index (χ0v) is 17.1. The summed E-state index contributed by atoms with van der Waals surface area (Å²) in [6.07, 6.45) is 2.75. The van der Waals surface area contributed by atoms with Crippen molar-refractivity contribution in [3.8, 4) is 11.5 Å². The maximum Gasteiger partial charge on any atom is 0.261 e. The van der Waals surface area contributed by atoms with E-state index in [0.717, 1.165) is 22.0 Å². The van der Waals surface area contributed by atoms with Crippen LogP contribution in [-0.2, 0) is 6.54 Å². The topological polar surface area (TPSA) is 53.4 Å². The molecule has 27 heavy (non-hydrogen) atoms. The van der Waals surface area contributed by atoms with Gasteiger partial charge in [-0.15, -0.1) is 0 Å². The van der Waals surface area contributed by atoms with Gasteiger partial charge in [0.1, 0.15) is 5.82 Å². The fourth-order valence-electron chi connectivity index (χ4n) is 3.30. The highest BCUT2D eigenvalue weighted by Gasteiger charge is 2.21. The van der Waals surface area contributed by atoms with Crippen LogP contribution >= 0.6 is 27.5 Å². The van der Waals surface area contributed by atoms with Crippen molar-refractivity contribution in [1.82, 2.24) is 9.55 Å². The van der Waals surface area contributed by atoms with Gasteiger partial charge < -0.3 is 9.47 Å². The van der Waals surface area contributed by atoms with Gasteiger partial charge in [-0.1, -0.05) is 27.5 Å². The van der Waals surface area contributed by atoms with Gasteiger partial charge in [0, 0.05) is 16.0 Å². The van der Waals surface area contributed by atoms with Crippen LogP contribution in [-0.4, -0.2) is 23.8 Å². The second-order valence-corrected chi connectivity index (χ2v) is 7.49. The average molecular weight is 448 g/mol. The molecule has 5 nitrogen and oxygen atoms in total. The van der Waals surface area contributed by atoms with E-state index in [4.69, 9.17) is 26.1 Å². The lowest BCUT2D eigenvalue weighted by molar-refractivity contribution is 0.354. The number of hydrogen-bond acceptors (Lipinski definition) is 4. The molecule has 0 saturated carbocycles. The van der Waals surface area contributed by atoms with Crippen molar-refractivity contribution in [2.24, 2.45) is 0 Å². The van der Waals surface area contributed by atoms with Crippen LogP contribution < -0.4 is 15.0 Å². The molecular weight excluding hydrogens is 432 g/mol. The molecule has 0 unspecified atom stereocenters. The number of benzene rings is 2. The lowest BCUT2D eigenvalue weighted by atomic mass is 10.1. The summed E-state index contributed by atoms with van der Waals surface area (Å²) in [5, 5.41) is 1.14. The molecule has 0 fully saturated rings. The van der Waals surface area contributed by atoms with Gasteiger partial charge in [0.25, 0.3) is 5.56 Å². The number of nitrogens with zero attached hydrogens (tertiary/aromatic N) is 2. The van der Waals surface area contributed by atoms with Crippen molar-refractivity contribution in [3.63, 3.8) is 0 Å². The van der Waals surface area contributed by atoms with E-state index < -0.39 is 0 Å². The van der Waals surface area contributed by atoms with Crippen LogP contribution in [0, 0.1) is 0 Å². The second kappa shape index (κ2) is 7.02. The van der Waals surface area contributed by atoms with Crippen LogP contribution in [0.2, 0.25) is 5.02 Å². The first kappa shape index (κ1) is 18.1. The third-order valence-electron chi connectivity index (χ3n) is 4.64. The lowest BCUT2D eigenvalue weighted by Gasteiger charge is -2.10. The fraction of sp³-hybridized carbons (Fsp3) is 0.200. The minimum absolute atomic E-state index is 0.0403. The van der Waals surface area contributed by atoms with E-state index >= 15 is 0 Å². The molecule has 0 amide bonds. The van der Waals surface area contributed by atoms with E-state index in [9.17, 15) is 4.79 Å². The van der Waals surface area contributed by atoms with Crippen molar-refractivity contribution in [2.75, 3.05) is 14.2 Å². The molecule has 0 atom stereocenters. The minimum atomic E-state index is -0.0403. The van der Waals surface area contributed by atoms with Gasteiger partial charge in [0.15, 0.2) is 11.5 Å². The first-order chi connectivity index (χ1) is 13.0. The van der Waals surface area contributed by atoms with Gasteiger partial charge in [-0.2, -0.15) is 0 Å². The Morgan fingerprint density at radius 2 is 1.93 bits per heavy atom. The number of rotatable bonds is 3. The van der Waals surface area contributed by atoms with Crippen LogP contribution in [0.25, 0.3) is 22.6 Å². The SMILES string of the molecule is COc1cc(Br)c(C=C2CCn3c2nc2cc(Cl)ccc2c3=O)cc1OC. The predicted molar refractivity (Wildman–Crippen MR) is 111 cm³/mol. The second-order valence-electron chi connectivity index (χ2n) is 6.20. The Morgan fingerprint density at radius 3 is 2.67 bits per heavy atom. The summed E-state index contributed by atoms with van der Waals surface area (Å²) in [6.45, 7) is 0.608. The Balaban J connectivity index is 1.87. The molecule has 4 rings (SSSR count). The average Bonchev–Trinajstić information content (AvgIpc) is 3.05. The third kappa shape index (κ3) is 3.13. The molecule has 0 radical (unpaired) electrons. The van der Waals surface area contributed by atoms with E-state index in [1.165, 1.54) is 0 Å². The third-order valence-corrected chi connectivity index (χ3v) is 5.56. The Kier molecular flexibility index (Phi) is 4.70. The monoisotopic (exact) mass is 446 g/mol. The van der Waals surface area contributed by atoms with Crippen LogP contribution in [0.15, 0.2) is 39.6 Å². The van der Waals surface area contributed by atoms with Gasteiger partial charge in [-0.3, -0.25) is 9.36 Å². The number of methoxy groups -OCH3 is 2. The van der Waals surface area contributed by atoms with E-state index in [-0.39, 0.29) is 5.56 Å². The molecule has 1 aromatic heterocycles. The van der Waals surface area contributed by atoms with Crippen LogP contribution in [0.4, 0.5) is 0 Å². The first-order valence-corrected chi connectivity index (χ1v) is 9.51. The Hall–Kier alpha value is -2.31. The van der Waals surface area contributed by atoms with E-state index in [2.05, 4.69) is 15.9 Å². The van der Waals surface area contributed by atoms with Crippen LogP contribution in [0.3, 0.4) is 0 Å². The summed E-state index contributed by atoms with van der Waals surface area (Å²) in [5.74, 6) is 1.96. The van der Waals surface area contributed by atoms with Crippen LogP contribution in [0.1, 0.15) is 17.8 Å². The number of halogens is 2. The molecule has 0 N–H and O–H groups in total. The smallest absolute Gasteiger partial charge is 0.261 e. The molecule has 7 heteroatoms. The maximum absolute atomic E-state index is 12.8. The maximum atomic E-state index is 12.8. The number of aromatic nitrogens is 2. The molecule has 1 aliphatic rings. The standard InChI is InChI=1S/C20H16BrClN2O3/c1-26-17-8-12(15(21)10-18(17)27-2)7-11-5-6-24-19(11)23-16-9-13(22)3-4-14(16)20(24)25/h3-4,7-10H,5-6H2,1-2H3. The number of allylic oxidation sites excluding steroid dienone is 1. The predicted octanol–water partition coefficient (Wildman–Crippen LogP) is 4.77. The zero-order chi connectivity index (χ0) is 19.1. The highest BCUT2D eigenvalue weighted by molar-refractivity contribution is 9.10. The van der Waals surface area contributed by atoms with Crippen molar-refractivity contribution in [3.05, 3.63) is 61.6 Å². The molecule has 0 aliphatic carbocycles. The van der Waals surface area contributed by atoms with Gasteiger partial charge in [0.2, 0.25) is 0 Å². The number of ether oxygens (including phenoxy) is 2. The van der Waals surface area contributed by atoms with E-state index in [0.29, 0.717) is 39.8 Å². The Labute approximate surface area is 169 Å². The summed E-state index contributed by atoms with van der Waals surface area (Å²) < 4.78 is 13.3. The molecule has 0 saturated heterocycles. The van der Waals surface area contributed by atoms with E-state index in [1.54, 1.807) is 37.0 Å². The largest absolute Gasteiger partial charge is 0.493 e. The molecule has 2 heterocycles. The quantitative estimate of drug-likeness (QED) is 0.580. The van der Waals surface area contributed by atoms with Crippen LogP contribution in [0.5, 0.6) is 11.5 Å². The molecule has 138 valence electrons. The molecule has 0 bridgehead atoms. The van der Waals surface area contributed by atoms with Crippen molar-refractivity contribution >= 4 is 50.1 Å². The highest BCUT2D eigenvalue weighted by Crippen LogP contribution is 2.36. The summed E-state index contributed by atoms with van der Waals surface area (Å²) in [7, 11) is 3.20. The molecule has 1 aliphatic heterocycles. The number of fused-ring (bicyclic) bond motifs is 2. The summed E-state index contributed by atoms with van der Waals surface area (Å²) in [6, 6.07) is 8.93. The zero-order valence-electron chi connectivity index (χ0n) is 14.8. The molecule has 2 aromatic carbocycles. The minimum Gasteiger partial charge on any atom is -0.493 e.